The number of carbonyl (C=O) groups excluding carboxylic acids is 3. The first-order valence-corrected chi connectivity index (χ1v) is 38.5. The summed E-state index contributed by atoms with van der Waals surface area (Å²) in [6.45, 7) is 6.75. The zero-order valence-corrected chi connectivity index (χ0v) is 57.0. The van der Waals surface area contributed by atoms with Crippen molar-refractivity contribution in [2.45, 2.75) is 463 Å². The van der Waals surface area contributed by atoms with Crippen LogP contribution in [-0.4, -0.2) is 37.2 Å². The molecule has 1 atom stereocenters. The Hall–Kier alpha value is -1.59. The standard InChI is InChI=1S/C77H150O6/c1-4-7-10-13-16-19-22-25-28-30-32-34-35-36-37-38-39-40-41-42-44-45-47-49-52-55-58-61-64-67-70-76(79)82-73-74(72-81-75(78)69-66-63-60-57-54-51-27-24-21-18-15-12-9-6-3)83-77(80)71-68-65-62-59-56-53-50-48-46-43-33-31-29-26-23-20-17-14-11-8-5-2/h74H,4-73H2,1-3H3. The molecule has 0 fully saturated rings. The minimum absolute atomic E-state index is 0.0599. The van der Waals surface area contributed by atoms with Gasteiger partial charge >= 0.3 is 17.9 Å². The Bertz CT molecular complexity index is 1250. The third-order valence-electron chi connectivity index (χ3n) is 18.1. The van der Waals surface area contributed by atoms with Crippen molar-refractivity contribution in [3.8, 4) is 0 Å². The van der Waals surface area contributed by atoms with Crippen LogP contribution in [0.4, 0.5) is 0 Å². The summed E-state index contributed by atoms with van der Waals surface area (Å²) >= 11 is 0. The first-order chi connectivity index (χ1) is 41.0. The second kappa shape index (κ2) is 72.9. The van der Waals surface area contributed by atoms with E-state index in [2.05, 4.69) is 20.8 Å². The lowest BCUT2D eigenvalue weighted by molar-refractivity contribution is -0.167. The number of hydrogen-bond donors (Lipinski definition) is 0. The van der Waals surface area contributed by atoms with Crippen LogP contribution in [-0.2, 0) is 28.6 Å². The van der Waals surface area contributed by atoms with Crippen LogP contribution >= 0.6 is 0 Å². The molecule has 0 aromatic rings. The van der Waals surface area contributed by atoms with Crippen molar-refractivity contribution >= 4 is 17.9 Å². The van der Waals surface area contributed by atoms with Crippen LogP contribution in [0, 0.1) is 0 Å². The lowest BCUT2D eigenvalue weighted by atomic mass is 10.0. The van der Waals surface area contributed by atoms with Crippen LogP contribution in [0.15, 0.2) is 0 Å². The quantitative estimate of drug-likeness (QED) is 0.0343. The molecule has 0 amide bonds. The second-order valence-corrected chi connectivity index (χ2v) is 26.6. The highest BCUT2D eigenvalue weighted by Crippen LogP contribution is 2.20. The SMILES string of the molecule is CCCCCCCCCCCCCCCCCCCCCCCCCCCCCCCCC(=O)OCC(COC(=O)CCCCCCCCCCCCCCCC)OC(=O)CCCCCCCCCCCCCCCCCCCCCCC. The van der Waals surface area contributed by atoms with Gasteiger partial charge in [0.2, 0.25) is 0 Å². The van der Waals surface area contributed by atoms with Crippen LogP contribution < -0.4 is 0 Å². The summed E-state index contributed by atoms with van der Waals surface area (Å²) in [4.78, 5) is 38.5. The molecule has 494 valence electrons. The predicted octanol–water partition coefficient (Wildman–Crippen LogP) is 26.6. The van der Waals surface area contributed by atoms with E-state index in [4.69, 9.17) is 14.2 Å². The molecule has 1 unspecified atom stereocenters. The van der Waals surface area contributed by atoms with E-state index in [1.807, 2.05) is 0 Å². The van der Waals surface area contributed by atoms with E-state index in [9.17, 15) is 14.4 Å². The number of hydrogen-bond acceptors (Lipinski definition) is 6. The molecule has 0 saturated carbocycles. The number of ether oxygens (including phenoxy) is 3. The Labute approximate surface area is 520 Å². The van der Waals surface area contributed by atoms with E-state index in [-0.39, 0.29) is 31.1 Å². The molecule has 0 spiro atoms. The summed E-state index contributed by atoms with van der Waals surface area (Å²) in [7, 11) is 0. The predicted molar refractivity (Wildman–Crippen MR) is 363 cm³/mol. The molecule has 6 heteroatoms. The monoisotopic (exact) mass is 1170 g/mol. The van der Waals surface area contributed by atoms with E-state index in [1.54, 1.807) is 0 Å². The van der Waals surface area contributed by atoms with Crippen molar-refractivity contribution in [1.82, 2.24) is 0 Å². The first-order valence-electron chi connectivity index (χ1n) is 38.5. The molecule has 0 aliphatic rings. The fourth-order valence-electron chi connectivity index (χ4n) is 12.3. The first kappa shape index (κ1) is 81.4. The van der Waals surface area contributed by atoms with Crippen molar-refractivity contribution in [3.05, 3.63) is 0 Å². The molecule has 0 aliphatic heterocycles. The molecule has 0 aromatic carbocycles. The smallest absolute Gasteiger partial charge is 0.306 e. The fraction of sp³-hybridized carbons (Fsp3) is 0.961. The van der Waals surface area contributed by atoms with Gasteiger partial charge in [0.25, 0.3) is 0 Å². The highest BCUT2D eigenvalue weighted by Gasteiger charge is 2.20. The van der Waals surface area contributed by atoms with Crippen molar-refractivity contribution < 1.29 is 28.6 Å². The lowest BCUT2D eigenvalue weighted by Gasteiger charge is -2.18. The maximum absolute atomic E-state index is 13.0. The van der Waals surface area contributed by atoms with E-state index >= 15 is 0 Å². The summed E-state index contributed by atoms with van der Waals surface area (Å²) < 4.78 is 17.0. The maximum Gasteiger partial charge on any atom is 0.306 e. The Morgan fingerprint density at radius 3 is 0.482 bits per heavy atom. The van der Waals surface area contributed by atoms with Crippen LogP contribution in [0.3, 0.4) is 0 Å². The third kappa shape index (κ3) is 71.1. The summed E-state index contributed by atoms with van der Waals surface area (Å²) in [6, 6.07) is 0. The van der Waals surface area contributed by atoms with Crippen LogP contribution in [0.25, 0.3) is 0 Å². The third-order valence-corrected chi connectivity index (χ3v) is 18.1. The van der Waals surface area contributed by atoms with E-state index in [1.165, 1.54) is 360 Å². The van der Waals surface area contributed by atoms with Crippen molar-refractivity contribution in [2.75, 3.05) is 13.2 Å². The van der Waals surface area contributed by atoms with Gasteiger partial charge in [-0.05, 0) is 19.3 Å². The molecule has 0 rings (SSSR count). The topological polar surface area (TPSA) is 78.9 Å². The minimum atomic E-state index is -0.764. The number of esters is 3. The minimum Gasteiger partial charge on any atom is -0.462 e. The van der Waals surface area contributed by atoms with Gasteiger partial charge in [-0.1, -0.05) is 419 Å². The number of carbonyl (C=O) groups is 3. The van der Waals surface area contributed by atoms with Gasteiger partial charge in [0.05, 0.1) is 0 Å². The van der Waals surface area contributed by atoms with Gasteiger partial charge in [0.15, 0.2) is 6.10 Å². The van der Waals surface area contributed by atoms with Gasteiger partial charge in [-0.2, -0.15) is 0 Å². The molecule has 0 N–H and O–H groups in total. The summed E-state index contributed by atoms with van der Waals surface area (Å²) in [5, 5.41) is 0. The van der Waals surface area contributed by atoms with Crippen LogP contribution in [0.5, 0.6) is 0 Å². The highest BCUT2D eigenvalue weighted by atomic mass is 16.6. The average Bonchev–Trinajstić information content (AvgIpc) is 3.49. The zero-order valence-electron chi connectivity index (χ0n) is 57.0. The van der Waals surface area contributed by atoms with Crippen molar-refractivity contribution in [3.63, 3.8) is 0 Å². The average molecular weight is 1170 g/mol. The Morgan fingerprint density at radius 1 is 0.193 bits per heavy atom. The zero-order chi connectivity index (χ0) is 59.9. The molecule has 6 nitrogen and oxygen atoms in total. The molecule has 0 aliphatic carbocycles. The highest BCUT2D eigenvalue weighted by molar-refractivity contribution is 5.71. The molecular weight excluding hydrogens is 1020 g/mol. The van der Waals surface area contributed by atoms with Crippen LogP contribution in [0.1, 0.15) is 457 Å². The Kier molecular flexibility index (Phi) is 71.5. The molecular formula is C77H150O6. The van der Waals surface area contributed by atoms with Gasteiger partial charge in [-0.3, -0.25) is 14.4 Å². The van der Waals surface area contributed by atoms with Gasteiger partial charge in [-0.25, -0.2) is 0 Å². The summed E-state index contributed by atoms with van der Waals surface area (Å²) in [5.74, 6) is -0.816. The largest absolute Gasteiger partial charge is 0.462 e. The second-order valence-electron chi connectivity index (χ2n) is 26.6. The van der Waals surface area contributed by atoms with E-state index < -0.39 is 6.10 Å². The van der Waals surface area contributed by atoms with Gasteiger partial charge in [0.1, 0.15) is 13.2 Å². The normalized spacial score (nSPS) is 11.9. The van der Waals surface area contributed by atoms with E-state index in [0.29, 0.717) is 19.3 Å². The van der Waals surface area contributed by atoms with E-state index in [0.717, 1.165) is 57.8 Å². The van der Waals surface area contributed by atoms with Gasteiger partial charge in [0, 0.05) is 19.3 Å². The Balaban J connectivity index is 4.14. The van der Waals surface area contributed by atoms with Crippen molar-refractivity contribution in [1.29, 1.82) is 0 Å². The van der Waals surface area contributed by atoms with Gasteiger partial charge in [-0.15, -0.1) is 0 Å². The molecule has 0 saturated heterocycles. The van der Waals surface area contributed by atoms with Crippen molar-refractivity contribution in [2.24, 2.45) is 0 Å². The van der Waals surface area contributed by atoms with Crippen LogP contribution in [0.2, 0.25) is 0 Å². The molecule has 0 radical (unpaired) electrons. The lowest BCUT2D eigenvalue weighted by Crippen LogP contribution is -2.30. The summed E-state index contributed by atoms with van der Waals surface area (Å²) in [5.41, 5.74) is 0. The molecule has 0 aromatic heterocycles. The van der Waals surface area contributed by atoms with Gasteiger partial charge < -0.3 is 14.2 Å². The molecule has 83 heavy (non-hydrogen) atoms. The number of unbranched alkanes of at least 4 members (excludes halogenated alkanes) is 62. The summed E-state index contributed by atoms with van der Waals surface area (Å²) in [6.07, 6.45) is 87.3. The molecule has 0 heterocycles. The fourth-order valence-corrected chi connectivity index (χ4v) is 12.3. The molecule has 0 bridgehead atoms. The maximum atomic E-state index is 13.0. The number of rotatable bonds is 73. The Morgan fingerprint density at radius 2 is 0.325 bits per heavy atom.